The lowest BCUT2D eigenvalue weighted by molar-refractivity contribution is -0.127. The van der Waals surface area contributed by atoms with Crippen molar-refractivity contribution in [2.45, 2.75) is 29.8 Å². The topological polar surface area (TPSA) is 88.2 Å². The molecule has 1 aliphatic carbocycles. The van der Waals surface area contributed by atoms with Gasteiger partial charge in [0.2, 0.25) is 15.9 Å². The molecule has 1 atom stereocenters. The zero-order valence-corrected chi connectivity index (χ0v) is 18.9. The summed E-state index contributed by atoms with van der Waals surface area (Å²) in [6.07, 6.45) is 1.92. The molecule has 0 radical (unpaired) electrons. The Morgan fingerprint density at radius 2 is 1.64 bits per heavy atom. The fourth-order valence-electron chi connectivity index (χ4n) is 4.22. The van der Waals surface area contributed by atoms with E-state index in [1.165, 1.54) is 28.6 Å². The van der Waals surface area contributed by atoms with Crippen LogP contribution in [0.15, 0.2) is 47.4 Å². The van der Waals surface area contributed by atoms with E-state index in [1.807, 2.05) is 4.90 Å². The van der Waals surface area contributed by atoms with Crippen molar-refractivity contribution in [1.82, 2.24) is 14.5 Å². The predicted octanol–water partition coefficient (Wildman–Crippen LogP) is 1.92. The second-order valence-electron chi connectivity index (χ2n) is 8.48. The molecule has 1 unspecified atom stereocenters. The zero-order valence-electron chi connectivity index (χ0n) is 18.1. The van der Waals surface area contributed by atoms with Crippen LogP contribution in [0.25, 0.3) is 0 Å². The molecule has 10 heteroatoms. The molecule has 8 nitrogen and oxygen atoms in total. The highest BCUT2D eigenvalue weighted by atomic mass is 32.2. The number of carbonyl (C=O) groups excluding carboxylic acids is 1. The van der Waals surface area contributed by atoms with Gasteiger partial charge in [0.1, 0.15) is 25.1 Å². The van der Waals surface area contributed by atoms with E-state index in [1.54, 1.807) is 18.2 Å². The molecule has 2 aromatic rings. The second kappa shape index (κ2) is 8.92. The molecule has 1 saturated heterocycles. The van der Waals surface area contributed by atoms with Gasteiger partial charge in [0.05, 0.1) is 4.90 Å². The molecule has 0 bridgehead atoms. The third kappa shape index (κ3) is 4.68. The number of benzene rings is 2. The summed E-state index contributed by atoms with van der Waals surface area (Å²) in [6, 6.07) is 10.2. The number of fused-ring (bicyclic) bond motifs is 1. The van der Waals surface area contributed by atoms with Gasteiger partial charge in [-0.2, -0.15) is 4.31 Å². The maximum Gasteiger partial charge on any atom is 0.243 e. The van der Waals surface area contributed by atoms with Gasteiger partial charge in [-0.1, -0.05) is 12.1 Å². The van der Waals surface area contributed by atoms with Crippen LogP contribution in [0.5, 0.6) is 11.5 Å². The van der Waals surface area contributed by atoms with Crippen LogP contribution in [0.1, 0.15) is 24.4 Å². The molecule has 1 N–H and O–H groups in total. The Morgan fingerprint density at radius 3 is 2.30 bits per heavy atom. The van der Waals surface area contributed by atoms with Crippen LogP contribution in [-0.2, 0) is 14.8 Å². The van der Waals surface area contributed by atoms with Crippen LogP contribution >= 0.6 is 0 Å². The quantitative estimate of drug-likeness (QED) is 0.687. The monoisotopic (exact) mass is 475 g/mol. The lowest BCUT2D eigenvalue weighted by Crippen LogP contribution is -2.52. The molecule has 176 valence electrons. The molecule has 0 spiro atoms. The summed E-state index contributed by atoms with van der Waals surface area (Å²) in [7, 11) is -3.72. The first-order valence-electron chi connectivity index (χ1n) is 11.1. The molecule has 2 fully saturated rings. The Kier molecular flexibility index (Phi) is 5.98. The standard InChI is InChI=1S/C23H26FN3O5S/c24-17-3-1-16(2-4-17)22(23(28)25-18-5-6-18)26-9-11-27(12-10-26)33(29,30)19-7-8-20-21(15-19)32-14-13-31-20/h1-4,7-8,15,18,22H,5-6,9-14H2,(H,25,28). The minimum Gasteiger partial charge on any atom is -0.486 e. The molecule has 0 aromatic heterocycles. The number of hydrogen-bond acceptors (Lipinski definition) is 6. The Balaban J connectivity index is 1.31. The number of amides is 1. The van der Waals surface area contributed by atoms with Crippen LogP contribution in [-0.4, -0.2) is 69.0 Å². The number of piperazine rings is 1. The van der Waals surface area contributed by atoms with Crippen molar-refractivity contribution in [1.29, 1.82) is 0 Å². The van der Waals surface area contributed by atoms with E-state index >= 15 is 0 Å². The van der Waals surface area contributed by atoms with E-state index in [4.69, 9.17) is 9.47 Å². The van der Waals surface area contributed by atoms with Crippen molar-refractivity contribution in [2.24, 2.45) is 0 Å². The van der Waals surface area contributed by atoms with Crippen LogP contribution in [0.4, 0.5) is 4.39 Å². The van der Waals surface area contributed by atoms with Gasteiger partial charge in [-0.15, -0.1) is 0 Å². The Hall–Kier alpha value is -2.69. The van der Waals surface area contributed by atoms with Gasteiger partial charge in [-0.25, -0.2) is 12.8 Å². The summed E-state index contributed by atoms with van der Waals surface area (Å²) >= 11 is 0. The second-order valence-corrected chi connectivity index (χ2v) is 10.4. The summed E-state index contributed by atoms with van der Waals surface area (Å²) in [5.74, 6) is 0.464. The summed E-state index contributed by atoms with van der Waals surface area (Å²) < 4.78 is 52.4. The summed E-state index contributed by atoms with van der Waals surface area (Å²) in [6.45, 7) is 2.05. The van der Waals surface area contributed by atoms with Crippen molar-refractivity contribution in [3.8, 4) is 11.5 Å². The van der Waals surface area contributed by atoms with E-state index < -0.39 is 16.1 Å². The predicted molar refractivity (Wildman–Crippen MR) is 118 cm³/mol. The molecular formula is C23H26FN3O5S. The van der Waals surface area contributed by atoms with Gasteiger partial charge >= 0.3 is 0 Å². The van der Waals surface area contributed by atoms with Gasteiger partial charge in [0.25, 0.3) is 0 Å². The smallest absolute Gasteiger partial charge is 0.243 e. The lowest BCUT2D eigenvalue weighted by Gasteiger charge is -2.38. The summed E-state index contributed by atoms with van der Waals surface area (Å²) in [4.78, 5) is 15.1. The molecule has 1 saturated carbocycles. The first kappa shape index (κ1) is 22.1. The Morgan fingerprint density at radius 1 is 0.970 bits per heavy atom. The molecule has 5 rings (SSSR count). The van der Waals surface area contributed by atoms with Crippen LogP contribution < -0.4 is 14.8 Å². The SMILES string of the molecule is O=C(NC1CC1)C(c1ccc(F)cc1)N1CCN(S(=O)(=O)c2ccc3c(c2)OCCO3)CC1. The van der Waals surface area contributed by atoms with Crippen molar-refractivity contribution in [3.05, 3.63) is 53.8 Å². The van der Waals surface area contributed by atoms with E-state index in [-0.39, 0.29) is 35.8 Å². The lowest BCUT2D eigenvalue weighted by atomic mass is 10.0. The first-order chi connectivity index (χ1) is 15.9. The highest BCUT2D eigenvalue weighted by molar-refractivity contribution is 7.89. The Labute approximate surface area is 192 Å². The first-order valence-corrected chi connectivity index (χ1v) is 12.6. The molecule has 33 heavy (non-hydrogen) atoms. The van der Waals surface area contributed by atoms with Gasteiger partial charge < -0.3 is 14.8 Å². The van der Waals surface area contributed by atoms with Crippen molar-refractivity contribution in [3.63, 3.8) is 0 Å². The number of sulfonamides is 1. The van der Waals surface area contributed by atoms with Gasteiger partial charge in [0, 0.05) is 38.3 Å². The number of nitrogens with zero attached hydrogens (tertiary/aromatic N) is 2. The van der Waals surface area contributed by atoms with Gasteiger partial charge in [-0.05, 0) is 42.7 Å². The normalized spacial score (nSPS) is 20.3. The summed E-state index contributed by atoms with van der Waals surface area (Å²) in [5, 5.41) is 3.03. The van der Waals surface area contributed by atoms with Gasteiger partial charge in [-0.3, -0.25) is 9.69 Å². The maximum absolute atomic E-state index is 13.5. The highest BCUT2D eigenvalue weighted by Gasteiger charge is 2.36. The van der Waals surface area contributed by atoms with Crippen LogP contribution in [0.3, 0.4) is 0 Å². The van der Waals surface area contributed by atoms with E-state index in [2.05, 4.69) is 5.32 Å². The number of rotatable bonds is 6. The van der Waals surface area contributed by atoms with E-state index in [0.29, 0.717) is 43.4 Å². The molecule has 2 aromatic carbocycles. The molecule has 3 aliphatic rings. The largest absolute Gasteiger partial charge is 0.486 e. The van der Waals surface area contributed by atoms with Crippen molar-refractivity contribution in [2.75, 3.05) is 39.4 Å². The summed E-state index contributed by atoms with van der Waals surface area (Å²) in [5.41, 5.74) is 0.692. The zero-order chi connectivity index (χ0) is 23.0. The average molecular weight is 476 g/mol. The third-order valence-corrected chi connectivity index (χ3v) is 8.04. The molecular weight excluding hydrogens is 449 g/mol. The van der Waals surface area contributed by atoms with E-state index in [0.717, 1.165) is 12.8 Å². The molecule has 2 aliphatic heterocycles. The number of ether oxygens (including phenoxy) is 2. The number of nitrogens with one attached hydrogen (secondary N) is 1. The average Bonchev–Trinajstić information content (AvgIpc) is 3.64. The number of halogens is 1. The van der Waals surface area contributed by atoms with E-state index in [9.17, 15) is 17.6 Å². The van der Waals surface area contributed by atoms with Crippen molar-refractivity contribution >= 4 is 15.9 Å². The fourth-order valence-corrected chi connectivity index (χ4v) is 5.65. The third-order valence-electron chi connectivity index (χ3n) is 6.15. The van der Waals surface area contributed by atoms with Crippen LogP contribution in [0.2, 0.25) is 0 Å². The fraction of sp³-hybridized carbons (Fsp3) is 0.435. The van der Waals surface area contributed by atoms with Crippen LogP contribution in [0, 0.1) is 5.82 Å². The minimum absolute atomic E-state index is 0.132. The number of hydrogen-bond donors (Lipinski definition) is 1. The maximum atomic E-state index is 13.5. The van der Waals surface area contributed by atoms with Crippen molar-refractivity contribution < 1.29 is 27.1 Å². The molecule has 1 amide bonds. The Bertz CT molecular complexity index is 1130. The number of carbonyl (C=O) groups is 1. The minimum atomic E-state index is -3.72. The van der Waals surface area contributed by atoms with Gasteiger partial charge in [0.15, 0.2) is 11.5 Å². The highest BCUT2D eigenvalue weighted by Crippen LogP contribution is 2.34. The molecule has 2 heterocycles.